The summed E-state index contributed by atoms with van der Waals surface area (Å²) in [7, 11) is 0. The number of pyridine rings is 1. The molecule has 2 aromatic carbocycles. The predicted molar refractivity (Wildman–Crippen MR) is 183 cm³/mol. The largest absolute Gasteiger partial charge is 0.336 e. The van der Waals surface area contributed by atoms with E-state index in [0.29, 0.717) is 39.3 Å². The first kappa shape index (κ1) is 32.7. The lowest BCUT2D eigenvalue weighted by Gasteiger charge is -2.45. The maximum absolute atomic E-state index is 13.8. The molecule has 0 radical (unpaired) electrons. The molecule has 0 spiro atoms. The van der Waals surface area contributed by atoms with Gasteiger partial charge in [0.15, 0.2) is 6.23 Å². The number of urea groups is 1. The number of aryl methyl sites for hydroxylation is 2. The summed E-state index contributed by atoms with van der Waals surface area (Å²) in [4.78, 5) is 34.1. The number of benzene rings is 2. The van der Waals surface area contributed by atoms with Gasteiger partial charge in [-0.05, 0) is 90.0 Å². The van der Waals surface area contributed by atoms with Crippen LogP contribution in [0.4, 0.5) is 4.79 Å². The van der Waals surface area contributed by atoms with Crippen molar-refractivity contribution in [3.8, 4) is 0 Å². The second-order valence-electron chi connectivity index (χ2n) is 13.0. The van der Waals surface area contributed by atoms with Crippen LogP contribution in [0, 0.1) is 0 Å². The number of amides is 2. The van der Waals surface area contributed by atoms with Crippen molar-refractivity contribution in [2.45, 2.75) is 64.5 Å². The fraction of sp³-hybridized carbons (Fsp3) is 0.400. The summed E-state index contributed by atoms with van der Waals surface area (Å²) < 4.78 is 3.00. The van der Waals surface area contributed by atoms with Crippen LogP contribution in [0.2, 0.25) is 5.02 Å². The van der Waals surface area contributed by atoms with Crippen LogP contribution in [0.25, 0.3) is 0 Å². The fourth-order valence-corrected chi connectivity index (χ4v) is 6.85. The summed E-state index contributed by atoms with van der Waals surface area (Å²) in [5.74, 6) is 0. The highest BCUT2D eigenvalue weighted by atomic mass is 79.9. The highest BCUT2D eigenvalue weighted by molar-refractivity contribution is 9.10. The van der Waals surface area contributed by atoms with E-state index in [4.69, 9.17) is 21.4 Å². The lowest BCUT2D eigenvalue weighted by atomic mass is 9.96. The van der Waals surface area contributed by atoms with Crippen molar-refractivity contribution in [3.63, 3.8) is 0 Å². The molecule has 46 heavy (non-hydrogen) atoms. The van der Waals surface area contributed by atoms with Crippen LogP contribution in [-0.4, -0.2) is 73.4 Å². The number of carbonyl (C=O) groups is 1. The number of aromatic nitrogens is 3. The van der Waals surface area contributed by atoms with Gasteiger partial charge in [-0.3, -0.25) is 19.6 Å². The first-order valence-corrected chi connectivity index (χ1v) is 17.0. The van der Waals surface area contributed by atoms with Crippen LogP contribution in [0.3, 0.4) is 0 Å². The Kier molecular flexibility index (Phi) is 10.1. The van der Waals surface area contributed by atoms with E-state index in [-0.39, 0.29) is 17.6 Å². The highest BCUT2D eigenvalue weighted by Gasteiger charge is 2.39. The summed E-state index contributed by atoms with van der Waals surface area (Å²) in [5, 5.41) is 5.88. The van der Waals surface area contributed by atoms with Crippen LogP contribution in [0.1, 0.15) is 54.8 Å². The van der Waals surface area contributed by atoms with E-state index in [1.165, 1.54) is 16.7 Å². The Labute approximate surface area is 284 Å². The van der Waals surface area contributed by atoms with Crippen LogP contribution in [0.5, 0.6) is 0 Å². The Bertz CT molecular complexity index is 1580. The molecule has 0 bridgehead atoms. The number of hydroxylamine groups is 2. The number of rotatable bonds is 8. The lowest BCUT2D eigenvalue weighted by molar-refractivity contribution is -0.251. The Morgan fingerprint density at radius 2 is 1.91 bits per heavy atom. The number of halogens is 2. The molecule has 1 aliphatic heterocycles. The highest BCUT2D eigenvalue weighted by Crippen LogP contribution is 2.38. The minimum Gasteiger partial charge on any atom is -0.336 e. The van der Waals surface area contributed by atoms with Crippen LogP contribution >= 0.6 is 27.5 Å². The molecule has 1 saturated heterocycles. The Morgan fingerprint density at radius 3 is 2.67 bits per heavy atom. The second-order valence-corrected chi connectivity index (χ2v) is 14.4. The Morgan fingerprint density at radius 1 is 1.11 bits per heavy atom. The van der Waals surface area contributed by atoms with Crippen molar-refractivity contribution in [3.05, 3.63) is 117 Å². The molecule has 242 valence electrons. The molecule has 0 unspecified atom stereocenters. The van der Waals surface area contributed by atoms with Gasteiger partial charge >= 0.3 is 6.03 Å². The van der Waals surface area contributed by atoms with E-state index in [9.17, 15) is 4.79 Å². The quantitative estimate of drug-likeness (QED) is 0.212. The molecule has 2 atom stereocenters. The minimum atomic E-state index is -0.541. The van der Waals surface area contributed by atoms with Crippen molar-refractivity contribution < 1.29 is 9.63 Å². The molecule has 1 aliphatic carbocycles. The van der Waals surface area contributed by atoms with Gasteiger partial charge in [0.25, 0.3) is 0 Å². The predicted octanol–water partition coefficient (Wildman–Crippen LogP) is 6.47. The van der Waals surface area contributed by atoms with Gasteiger partial charge in [0.05, 0.1) is 18.1 Å². The van der Waals surface area contributed by atoms with E-state index in [1.54, 1.807) is 6.20 Å². The average Bonchev–Trinajstić information content (AvgIpc) is 3.49. The number of nitrogens with zero attached hydrogens (tertiary/aromatic N) is 6. The summed E-state index contributed by atoms with van der Waals surface area (Å²) in [6.07, 6.45) is 8.63. The SMILES string of the molecule is CC(C)(C)NC(=O)N1CCN([C@H]2c3ccc(Cl)cc3CCc3cc(Br)cnc32)C[C@@H]1ON(CCn1ccnc1)Cc1ccccc1. The third kappa shape index (κ3) is 7.98. The molecule has 3 heterocycles. The summed E-state index contributed by atoms with van der Waals surface area (Å²) >= 11 is 10.1. The zero-order valence-electron chi connectivity index (χ0n) is 26.6. The smallest absolute Gasteiger partial charge is 0.319 e. The fourth-order valence-electron chi connectivity index (χ4n) is 6.28. The summed E-state index contributed by atoms with van der Waals surface area (Å²) in [5.41, 5.74) is 5.41. The van der Waals surface area contributed by atoms with Gasteiger partial charge in [-0.25, -0.2) is 9.78 Å². The maximum atomic E-state index is 13.8. The molecule has 2 amide bonds. The van der Waals surface area contributed by atoms with E-state index < -0.39 is 6.23 Å². The number of imidazole rings is 1. The molecular weight excluding hydrogens is 666 g/mol. The minimum absolute atomic E-state index is 0.106. The molecule has 6 rings (SSSR count). The van der Waals surface area contributed by atoms with Gasteiger partial charge in [0.1, 0.15) is 0 Å². The Balaban J connectivity index is 1.34. The van der Waals surface area contributed by atoms with Gasteiger partial charge in [0, 0.05) is 72.9 Å². The van der Waals surface area contributed by atoms with Gasteiger partial charge in [-0.15, -0.1) is 0 Å². The third-order valence-electron chi connectivity index (χ3n) is 8.40. The number of carbonyl (C=O) groups excluding carboxylic acids is 1. The van der Waals surface area contributed by atoms with Gasteiger partial charge < -0.3 is 9.88 Å². The van der Waals surface area contributed by atoms with Crippen LogP contribution in [-0.2, 0) is 30.8 Å². The van der Waals surface area contributed by atoms with Crippen LogP contribution < -0.4 is 5.32 Å². The molecule has 2 aromatic heterocycles. The van der Waals surface area contributed by atoms with Crippen molar-refractivity contribution in [1.29, 1.82) is 0 Å². The summed E-state index contributed by atoms with van der Waals surface area (Å²) in [6, 6.07) is 18.4. The van der Waals surface area contributed by atoms with Crippen LogP contribution in [0.15, 0.2) is 84.0 Å². The van der Waals surface area contributed by atoms with Crippen molar-refractivity contribution in [2.75, 3.05) is 26.2 Å². The molecule has 11 heteroatoms. The van der Waals surface area contributed by atoms with Crippen molar-refractivity contribution in [2.24, 2.45) is 0 Å². The first-order chi connectivity index (χ1) is 22.1. The number of hydrogen-bond acceptors (Lipinski definition) is 6. The number of fused-ring (bicyclic) bond motifs is 2. The second kappa shape index (κ2) is 14.2. The number of piperazine rings is 1. The molecule has 9 nitrogen and oxygen atoms in total. The van der Waals surface area contributed by atoms with Gasteiger partial charge in [-0.2, -0.15) is 5.06 Å². The monoisotopic (exact) mass is 705 g/mol. The van der Waals surface area contributed by atoms with E-state index >= 15 is 0 Å². The van der Waals surface area contributed by atoms with Crippen molar-refractivity contribution in [1.82, 2.24) is 34.7 Å². The van der Waals surface area contributed by atoms with E-state index in [2.05, 4.69) is 61.5 Å². The zero-order chi connectivity index (χ0) is 32.3. The standard InChI is InChI=1S/C35H41BrClN7O2/c1-35(2,3)40-34(45)44-18-16-42(33-30-12-11-29(37)20-26(30)9-10-27-19-28(36)21-39-32(27)33)23-31(44)46-43(17-15-41-14-13-38-24-41)22-25-7-5-4-6-8-25/h4-8,11-14,19-21,24,31,33H,9-10,15-18,22-23H2,1-3H3,(H,40,45)/t31-,33-/m0/s1. The van der Waals surface area contributed by atoms with Crippen molar-refractivity contribution >= 4 is 33.6 Å². The molecule has 4 aromatic rings. The molecular formula is C35H41BrClN7O2. The van der Waals surface area contributed by atoms with E-state index in [0.717, 1.165) is 33.6 Å². The first-order valence-electron chi connectivity index (χ1n) is 15.8. The van der Waals surface area contributed by atoms with Gasteiger partial charge in [-0.1, -0.05) is 48.0 Å². The topological polar surface area (TPSA) is 78.8 Å². The number of nitrogens with one attached hydrogen (secondary N) is 1. The normalized spacial score (nSPS) is 18.6. The Hall–Kier alpha value is -3.28. The third-order valence-corrected chi connectivity index (χ3v) is 9.07. The van der Waals surface area contributed by atoms with E-state index in [1.807, 2.05) is 78.3 Å². The van der Waals surface area contributed by atoms with Gasteiger partial charge in [0.2, 0.25) is 0 Å². The number of hydrogen-bond donors (Lipinski definition) is 1. The zero-order valence-corrected chi connectivity index (χ0v) is 28.9. The molecule has 0 saturated carbocycles. The average molecular weight is 707 g/mol. The molecule has 2 aliphatic rings. The molecule has 1 fully saturated rings. The maximum Gasteiger partial charge on any atom is 0.319 e. The molecule has 1 N–H and O–H groups in total. The summed E-state index contributed by atoms with van der Waals surface area (Å²) in [6.45, 7) is 9.53. The lowest BCUT2D eigenvalue weighted by Crippen LogP contribution is -2.62.